The van der Waals surface area contributed by atoms with Crippen LogP contribution in [0.1, 0.15) is 31.6 Å². The van der Waals surface area contributed by atoms with Crippen LogP contribution in [0.4, 0.5) is 0 Å². The van der Waals surface area contributed by atoms with Crippen molar-refractivity contribution in [1.82, 2.24) is 4.98 Å². The zero-order chi connectivity index (χ0) is 7.68. The molecule has 1 aliphatic rings. The van der Waals surface area contributed by atoms with Crippen molar-refractivity contribution in [1.29, 1.82) is 0 Å². The summed E-state index contributed by atoms with van der Waals surface area (Å²) in [6.45, 7) is 2.57. The maximum atomic E-state index is 5.31. The molecule has 0 aliphatic heterocycles. The summed E-state index contributed by atoms with van der Waals surface area (Å²) in [5, 5.41) is 0. The summed E-state index contributed by atoms with van der Waals surface area (Å²) in [4.78, 5) is 4.11. The molecule has 60 valence electrons. The third-order valence-electron chi connectivity index (χ3n) is 1.72. The molecule has 0 atom stereocenters. The van der Waals surface area contributed by atoms with Crippen molar-refractivity contribution in [3.05, 3.63) is 12.1 Å². The van der Waals surface area contributed by atoms with E-state index in [2.05, 4.69) is 4.98 Å². The Morgan fingerprint density at radius 3 is 3.18 bits per heavy atom. The van der Waals surface area contributed by atoms with Crippen molar-refractivity contribution in [2.75, 3.05) is 6.61 Å². The lowest BCUT2D eigenvalue weighted by Crippen LogP contribution is -1.88. The van der Waals surface area contributed by atoms with E-state index in [9.17, 15) is 0 Å². The minimum absolute atomic E-state index is 0.550. The molecule has 0 spiro atoms. The zero-order valence-corrected chi connectivity index (χ0v) is 6.54. The summed E-state index contributed by atoms with van der Waals surface area (Å²) >= 11 is 0. The van der Waals surface area contributed by atoms with Crippen LogP contribution in [0.3, 0.4) is 0 Å². The highest BCUT2D eigenvalue weighted by Crippen LogP contribution is 2.40. The van der Waals surface area contributed by atoms with Crippen LogP contribution in [0.25, 0.3) is 0 Å². The van der Waals surface area contributed by atoms with Gasteiger partial charge in [0, 0.05) is 5.92 Å². The second-order valence-electron chi connectivity index (χ2n) is 2.72. The fraction of sp³-hybridized carbons (Fsp3) is 0.625. The van der Waals surface area contributed by atoms with Gasteiger partial charge in [0.25, 0.3) is 0 Å². The first-order chi connectivity index (χ1) is 5.40. The number of hydrogen-bond donors (Lipinski definition) is 0. The predicted molar refractivity (Wildman–Crippen MR) is 39.6 cm³/mol. The summed E-state index contributed by atoms with van der Waals surface area (Å²) in [5.41, 5.74) is 0. The van der Waals surface area contributed by atoms with Crippen molar-refractivity contribution in [2.45, 2.75) is 25.7 Å². The molecule has 0 unspecified atom stereocenters. The van der Waals surface area contributed by atoms with E-state index in [4.69, 9.17) is 9.15 Å². The molecular formula is C8H11NO2. The van der Waals surface area contributed by atoms with Crippen LogP contribution in [0, 0.1) is 0 Å². The van der Waals surface area contributed by atoms with Gasteiger partial charge in [-0.2, -0.15) is 0 Å². The first-order valence-corrected chi connectivity index (χ1v) is 3.98. The molecule has 3 nitrogen and oxygen atoms in total. The Kier molecular flexibility index (Phi) is 1.56. The smallest absolute Gasteiger partial charge is 0.305 e. The third kappa shape index (κ3) is 1.37. The number of ether oxygens (including phenoxy) is 1. The monoisotopic (exact) mass is 153 g/mol. The van der Waals surface area contributed by atoms with Crippen molar-refractivity contribution in [2.24, 2.45) is 0 Å². The molecule has 3 heteroatoms. The highest BCUT2D eigenvalue weighted by molar-refractivity contribution is 5.07. The van der Waals surface area contributed by atoms with Gasteiger partial charge in [0.05, 0.1) is 6.61 Å². The Balaban J connectivity index is 2.06. The van der Waals surface area contributed by atoms with Crippen molar-refractivity contribution in [3.8, 4) is 5.95 Å². The van der Waals surface area contributed by atoms with Crippen molar-refractivity contribution >= 4 is 0 Å². The van der Waals surface area contributed by atoms with Gasteiger partial charge >= 0.3 is 5.95 Å². The Morgan fingerprint density at radius 1 is 1.73 bits per heavy atom. The number of nitrogens with zero attached hydrogens (tertiary/aromatic N) is 1. The lowest BCUT2D eigenvalue weighted by molar-refractivity contribution is 0.250. The average Bonchev–Trinajstić information content (AvgIpc) is 2.75. The summed E-state index contributed by atoms with van der Waals surface area (Å²) in [7, 11) is 0. The number of aromatic nitrogens is 1. The Hall–Kier alpha value is -0.990. The zero-order valence-electron chi connectivity index (χ0n) is 6.54. The Labute approximate surface area is 65.4 Å². The Bertz CT molecular complexity index is 240. The largest absolute Gasteiger partial charge is 0.464 e. The van der Waals surface area contributed by atoms with Gasteiger partial charge in [-0.1, -0.05) is 0 Å². The second-order valence-corrected chi connectivity index (χ2v) is 2.72. The molecule has 1 aliphatic carbocycles. The normalized spacial score (nSPS) is 16.8. The summed E-state index contributed by atoms with van der Waals surface area (Å²) in [6, 6.07) is 0. The van der Waals surface area contributed by atoms with Crippen LogP contribution in [0.2, 0.25) is 0 Å². The van der Waals surface area contributed by atoms with Crippen LogP contribution in [-0.4, -0.2) is 11.6 Å². The quantitative estimate of drug-likeness (QED) is 0.665. The van der Waals surface area contributed by atoms with Gasteiger partial charge in [-0.25, -0.2) is 4.98 Å². The van der Waals surface area contributed by atoms with Gasteiger partial charge in [0.2, 0.25) is 5.89 Å². The van der Waals surface area contributed by atoms with Gasteiger partial charge in [0.15, 0.2) is 0 Å². The van der Waals surface area contributed by atoms with E-state index in [0.717, 1.165) is 5.89 Å². The van der Waals surface area contributed by atoms with Gasteiger partial charge in [-0.15, -0.1) is 0 Å². The van der Waals surface area contributed by atoms with E-state index >= 15 is 0 Å². The molecule has 2 rings (SSSR count). The predicted octanol–water partition coefficient (Wildman–Crippen LogP) is 1.95. The molecule has 0 bridgehead atoms. The summed E-state index contributed by atoms with van der Waals surface area (Å²) < 4.78 is 10.4. The second kappa shape index (κ2) is 2.57. The molecule has 0 saturated heterocycles. The van der Waals surface area contributed by atoms with Crippen LogP contribution >= 0.6 is 0 Å². The maximum absolute atomic E-state index is 5.31. The molecule has 1 saturated carbocycles. The molecule has 0 N–H and O–H groups in total. The third-order valence-corrected chi connectivity index (χ3v) is 1.72. The lowest BCUT2D eigenvalue weighted by atomic mass is 10.4. The van der Waals surface area contributed by atoms with Gasteiger partial charge in [-0.3, -0.25) is 0 Å². The standard InChI is InChI=1S/C8H11NO2/c1-2-10-7-5-9-8(11-7)6-3-4-6/h5-6H,2-4H2,1H3. The topological polar surface area (TPSA) is 35.3 Å². The SMILES string of the molecule is CCOc1cnc(C2CC2)o1. The van der Waals surface area contributed by atoms with E-state index in [1.54, 1.807) is 6.20 Å². The fourth-order valence-electron chi connectivity index (χ4n) is 1.00. The van der Waals surface area contributed by atoms with Crippen LogP contribution in [-0.2, 0) is 0 Å². The summed E-state index contributed by atoms with van der Waals surface area (Å²) in [6.07, 6.45) is 4.08. The number of oxazole rings is 1. The lowest BCUT2D eigenvalue weighted by Gasteiger charge is -1.93. The number of hydrogen-bond acceptors (Lipinski definition) is 3. The molecule has 11 heavy (non-hydrogen) atoms. The van der Waals surface area contributed by atoms with Crippen molar-refractivity contribution in [3.63, 3.8) is 0 Å². The van der Waals surface area contributed by atoms with E-state index in [1.807, 2.05) is 6.92 Å². The molecular weight excluding hydrogens is 142 g/mol. The van der Waals surface area contributed by atoms with Crippen LogP contribution < -0.4 is 4.74 Å². The van der Waals surface area contributed by atoms with Gasteiger partial charge < -0.3 is 9.15 Å². The average molecular weight is 153 g/mol. The van der Waals surface area contributed by atoms with Crippen molar-refractivity contribution < 1.29 is 9.15 Å². The van der Waals surface area contributed by atoms with Gasteiger partial charge in [-0.05, 0) is 19.8 Å². The molecule has 0 aromatic carbocycles. The molecule has 0 radical (unpaired) electrons. The highest BCUT2D eigenvalue weighted by atomic mass is 16.6. The van der Waals surface area contributed by atoms with E-state index in [-0.39, 0.29) is 0 Å². The van der Waals surface area contributed by atoms with E-state index in [1.165, 1.54) is 12.8 Å². The van der Waals surface area contributed by atoms with E-state index < -0.39 is 0 Å². The molecule has 1 aromatic rings. The van der Waals surface area contributed by atoms with Crippen LogP contribution in [0.15, 0.2) is 10.6 Å². The first-order valence-electron chi connectivity index (χ1n) is 3.98. The van der Waals surface area contributed by atoms with Crippen LogP contribution in [0.5, 0.6) is 5.95 Å². The Morgan fingerprint density at radius 2 is 2.55 bits per heavy atom. The molecule has 0 amide bonds. The minimum Gasteiger partial charge on any atom is -0.464 e. The molecule has 1 heterocycles. The maximum Gasteiger partial charge on any atom is 0.305 e. The highest BCUT2D eigenvalue weighted by Gasteiger charge is 2.28. The first kappa shape index (κ1) is 6.70. The minimum atomic E-state index is 0.550. The number of rotatable bonds is 3. The van der Waals surface area contributed by atoms with Gasteiger partial charge in [0.1, 0.15) is 6.20 Å². The van der Waals surface area contributed by atoms with E-state index in [0.29, 0.717) is 18.5 Å². The fourth-order valence-corrected chi connectivity index (χ4v) is 1.00. The summed E-state index contributed by atoms with van der Waals surface area (Å²) in [5.74, 6) is 1.96. The molecule has 1 fully saturated rings. The molecule has 1 aromatic heterocycles.